The minimum Gasteiger partial charge on any atom is -0.396 e. The number of hydrogen-bond acceptors (Lipinski definition) is 4. The Balaban J connectivity index is 1.93. The first-order chi connectivity index (χ1) is 11.8. The van der Waals surface area contributed by atoms with Gasteiger partial charge in [0.25, 0.3) is 5.56 Å². The third kappa shape index (κ3) is 3.08. The van der Waals surface area contributed by atoms with E-state index in [4.69, 9.17) is 0 Å². The number of aromatic amines is 1. The minimum atomic E-state index is -0.178. The number of piperidine rings is 1. The Kier molecular flexibility index (Phi) is 4.69. The molecule has 2 aromatic heterocycles. The van der Waals surface area contributed by atoms with Crippen LogP contribution in [0.25, 0.3) is 11.0 Å². The van der Waals surface area contributed by atoms with Gasteiger partial charge in [-0.2, -0.15) is 0 Å². The van der Waals surface area contributed by atoms with E-state index >= 15 is 0 Å². The van der Waals surface area contributed by atoms with Crippen molar-refractivity contribution in [1.82, 2.24) is 19.7 Å². The molecule has 0 spiro atoms. The maximum absolute atomic E-state index is 12.9. The largest absolute Gasteiger partial charge is 0.396 e. The van der Waals surface area contributed by atoms with Crippen molar-refractivity contribution in [3.63, 3.8) is 0 Å². The molecule has 2 aromatic rings. The zero-order valence-electron chi connectivity index (χ0n) is 15.3. The highest BCUT2D eigenvalue weighted by Gasteiger charge is 2.29. The summed E-state index contributed by atoms with van der Waals surface area (Å²) in [6, 6.07) is 0.174. The number of carbonyl (C=O) groups excluding carboxylic acids is 1. The maximum Gasteiger partial charge on any atom is 0.273 e. The fourth-order valence-electron chi connectivity index (χ4n) is 3.84. The molecule has 3 rings (SSSR count). The van der Waals surface area contributed by atoms with Crippen LogP contribution >= 0.6 is 0 Å². The van der Waals surface area contributed by atoms with Crippen LogP contribution in [0.3, 0.4) is 0 Å². The number of H-pyrrole nitrogens is 1. The molecule has 7 heteroatoms. The molecule has 1 aliphatic rings. The molecule has 0 aliphatic carbocycles. The monoisotopic (exact) mass is 346 g/mol. The van der Waals surface area contributed by atoms with Gasteiger partial charge in [-0.15, -0.1) is 0 Å². The predicted octanol–water partition coefficient (Wildman–Crippen LogP) is 1.04. The van der Waals surface area contributed by atoms with Crippen LogP contribution in [0.4, 0.5) is 0 Å². The second-order valence-electron chi connectivity index (χ2n) is 7.20. The average molecular weight is 346 g/mol. The molecular weight excluding hydrogens is 320 g/mol. The lowest BCUT2D eigenvalue weighted by atomic mass is 9.93. The highest BCUT2D eigenvalue weighted by Crippen LogP contribution is 2.25. The van der Waals surface area contributed by atoms with Crippen LogP contribution < -0.4 is 5.56 Å². The summed E-state index contributed by atoms with van der Waals surface area (Å²) in [5, 5.41) is 12.7. The Morgan fingerprint density at radius 2 is 2.08 bits per heavy atom. The van der Waals surface area contributed by atoms with Gasteiger partial charge >= 0.3 is 0 Å². The van der Waals surface area contributed by atoms with Crippen LogP contribution in [0.1, 0.15) is 36.6 Å². The van der Waals surface area contributed by atoms with Crippen LogP contribution in [-0.4, -0.2) is 49.9 Å². The van der Waals surface area contributed by atoms with Gasteiger partial charge in [0.2, 0.25) is 5.91 Å². The molecule has 2 unspecified atom stereocenters. The minimum absolute atomic E-state index is 0.0327. The number of nitrogens with zero attached hydrogens (tertiary/aromatic N) is 3. The predicted molar refractivity (Wildman–Crippen MR) is 95.5 cm³/mol. The number of fused-ring (bicyclic) bond motifs is 1. The molecule has 1 fully saturated rings. The lowest BCUT2D eigenvalue weighted by Crippen LogP contribution is -2.47. The Bertz CT molecular complexity index is 867. The molecule has 1 saturated heterocycles. The molecule has 3 heterocycles. The first-order valence-electron chi connectivity index (χ1n) is 8.78. The van der Waals surface area contributed by atoms with Gasteiger partial charge in [0, 0.05) is 31.9 Å². The fraction of sp³-hybridized carbons (Fsp3) is 0.611. The highest BCUT2D eigenvalue weighted by atomic mass is 16.3. The smallest absolute Gasteiger partial charge is 0.273 e. The number of aliphatic hydroxyl groups is 1. The molecule has 136 valence electrons. The number of likely N-dealkylation sites (tertiary alicyclic amines) is 1. The van der Waals surface area contributed by atoms with E-state index in [-0.39, 0.29) is 36.5 Å². The molecule has 0 aromatic carbocycles. The van der Waals surface area contributed by atoms with E-state index in [0.717, 1.165) is 29.7 Å². The van der Waals surface area contributed by atoms with Crippen molar-refractivity contribution in [2.24, 2.45) is 13.0 Å². The van der Waals surface area contributed by atoms with Gasteiger partial charge in [-0.25, -0.2) is 4.98 Å². The van der Waals surface area contributed by atoms with E-state index in [1.807, 2.05) is 18.7 Å². The van der Waals surface area contributed by atoms with Gasteiger partial charge in [-0.05, 0) is 50.7 Å². The van der Waals surface area contributed by atoms with Gasteiger partial charge in [0.05, 0.1) is 11.8 Å². The molecule has 0 bridgehead atoms. The van der Waals surface area contributed by atoms with Crippen molar-refractivity contribution in [2.45, 2.75) is 46.1 Å². The number of pyridine rings is 1. The van der Waals surface area contributed by atoms with Crippen molar-refractivity contribution in [3.05, 3.63) is 27.2 Å². The van der Waals surface area contributed by atoms with E-state index in [0.29, 0.717) is 17.6 Å². The summed E-state index contributed by atoms with van der Waals surface area (Å²) in [6.07, 6.45) is 2.09. The molecule has 0 radical (unpaired) electrons. The van der Waals surface area contributed by atoms with Crippen LogP contribution in [-0.2, 0) is 18.3 Å². The normalized spacial score (nSPS) is 21.1. The van der Waals surface area contributed by atoms with Crippen LogP contribution in [0.2, 0.25) is 0 Å². The first kappa shape index (κ1) is 17.7. The topological polar surface area (TPSA) is 91.2 Å². The third-order valence-electron chi connectivity index (χ3n) is 5.46. The van der Waals surface area contributed by atoms with Gasteiger partial charge in [-0.1, -0.05) is 0 Å². The Hall–Kier alpha value is -2.15. The standard InChI is InChI=1S/C18H26N4O3/c1-10-5-6-13(9-23)8-22(10)15(24)7-14-11(2)16-17(19-12(14)3)21(4)20-18(16)25/h10,13,23H,5-9H2,1-4H3,(H,20,25). The number of carbonyl (C=O) groups is 1. The van der Waals surface area contributed by atoms with E-state index in [1.54, 1.807) is 11.7 Å². The SMILES string of the molecule is Cc1nc2c(c(C)c1CC(=O)N1CC(CO)CCC1C)c(=O)[nH]n2C. The number of nitrogens with one attached hydrogen (secondary N) is 1. The Morgan fingerprint density at radius 3 is 2.76 bits per heavy atom. The first-order valence-corrected chi connectivity index (χ1v) is 8.78. The second kappa shape index (κ2) is 6.63. The lowest BCUT2D eigenvalue weighted by molar-refractivity contribution is -0.135. The van der Waals surface area contributed by atoms with Gasteiger partial charge in [0.1, 0.15) is 0 Å². The number of rotatable bonds is 3. The molecular formula is C18H26N4O3. The van der Waals surface area contributed by atoms with Gasteiger partial charge < -0.3 is 10.0 Å². The van der Waals surface area contributed by atoms with Crippen molar-refractivity contribution >= 4 is 16.9 Å². The number of amides is 1. The Morgan fingerprint density at radius 1 is 1.36 bits per heavy atom. The summed E-state index contributed by atoms with van der Waals surface area (Å²) >= 11 is 0. The fourth-order valence-corrected chi connectivity index (χ4v) is 3.84. The van der Waals surface area contributed by atoms with E-state index in [1.165, 1.54) is 0 Å². The van der Waals surface area contributed by atoms with Crippen molar-refractivity contribution in [3.8, 4) is 0 Å². The second-order valence-corrected chi connectivity index (χ2v) is 7.20. The van der Waals surface area contributed by atoms with Crippen molar-refractivity contribution in [2.75, 3.05) is 13.2 Å². The molecule has 0 saturated carbocycles. The summed E-state index contributed by atoms with van der Waals surface area (Å²) < 4.78 is 1.61. The quantitative estimate of drug-likeness (QED) is 0.869. The van der Waals surface area contributed by atoms with Crippen LogP contribution in [0, 0.1) is 19.8 Å². The molecule has 2 N–H and O–H groups in total. The van der Waals surface area contributed by atoms with Gasteiger partial charge in [0.15, 0.2) is 5.65 Å². The zero-order chi connectivity index (χ0) is 18.3. The number of hydrogen-bond donors (Lipinski definition) is 2. The number of aromatic nitrogens is 3. The maximum atomic E-state index is 12.9. The summed E-state index contributed by atoms with van der Waals surface area (Å²) in [4.78, 5) is 31.5. The van der Waals surface area contributed by atoms with E-state index < -0.39 is 0 Å². The van der Waals surface area contributed by atoms with E-state index in [9.17, 15) is 14.7 Å². The molecule has 25 heavy (non-hydrogen) atoms. The molecule has 7 nitrogen and oxygen atoms in total. The van der Waals surface area contributed by atoms with Crippen LogP contribution in [0.5, 0.6) is 0 Å². The van der Waals surface area contributed by atoms with Crippen LogP contribution in [0.15, 0.2) is 4.79 Å². The molecule has 1 aliphatic heterocycles. The Labute approximate surface area is 146 Å². The third-order valence-corrected chi connectivity index (χ3v) is 5.46. The van der Waals surface area contributed by atoms with Gasteiger partial charge in [-0.3, -0.25) is 19.4 Å². The average Bonchev–Trinajstić information content (AvgIpc) is 2.85. The molecule has 2 atom stereocenters. The highest BCUT2D eigenvalue weighted by molar-refractivity contribution is 5.85. The summed E-state index contributed by atoms with van der Waals surface area (Å²) in [6.45, 7) is 6.51. The summed E-state index contributed by atoms with van der Waals surface area (Å²) in [5.74, 6) is 0.185. The molecule has 1 amide bonds. The summed E-state index contributed by atoms with van der Waals surface area (Å²) in [7, 11) is 1.75. The van der Waals surface area contributed by atoms with E-state index in [2.05, 4.69) is 17.0 Å². The van der Waals surface area contributed by atoms with Crippen molar-refractivity contribution < 1.29 is 9.90 Å². The summed E-state index contributed by atoms with van der Waals surface area (Å²) in [5.41, 5.74) is 2.86. The number of aryl methyl sites for hydroxylation is 3. The van der Waals surface area contributed by atoms with Crippen molar-refractivity contribution in [1.29, 1.82) is 0 Å². The lowest BCUT2D eigenvalue weighted by Gasteiger charge is -2.37. The number of aliphatic hydroxyl groups excluding tert-OH is 1. The zero-order valence-corrected chi connectivity index (χ0v) is 15.3.